The van der Waals surface area contributed by atoms with Crippen LogP contribution < -0.4 is 0 Å². The van der Waals surface area contributed by atoms with Crippen LogP contribution in [-0.2, 0) is 16.9 Å². The van der Waals surface area contributed by atoms with Gasteiger partial charge < -0.3 is 18.8 Å². The van der Waals surface area contributed by atoms with Crippen molar-refractivity contribution in [1.82, 2.24) is 19.9 Å². The van der Waals surface area contributed by atoms with Crippen LogP contribution in [-0.4, -0.2) is 38.2 Å². The fraction of sp³-hybridized carbons (Fsp3) is 0.348. The van der Waals surface area contributed by atoms with Crippen molar-refractivity contribution in [3.8, 4) is 22.8 Å². The first kappa shape index (κ1) is 19.7. The molecule has 4 aromatic rings. The first-order valence-corrected chi connectivity index (χ1v) is 10.3. The molecule has 31 heavy (non-hydrogen) atoms. The first-order valence-electron chi connectivity index (χ1n) is 10.3. The number of rotatable bonds is 5. The summed E-state index contributed by atoms with van der Waals surface area (Å²) in [5, 5.41) is 19.7. The molecule has 0 bridgehead atoms. The van der Waals surface area contributed by atoms with Gasteiger partial charge in [-0.25, -0.2) is 0 Å². The Morgan fingerprint density at radius 2 is 1.97 bits per heavy atom. The van der Waals surface area contributed by atoms with Gasteiger partial charge in [-0.3, -0.25) is 4.68 Å². The minimum atomic E-state index is -1.09. The van der Waals surface area contributed by atoms with E-state index in [1.54, 1.807) is 6.07 Å². The van der Waals surface area contributed by atoms with Gasteiger partial charge in [-0.1, -0.05) is 23.4 Å². The second kappa shape index (κ2) is 7.79. The van der Waals surface area contributed by atoms with Crippen LogP contribution in [0.15, 0.2) is 51.6 Å². The summed E-state index contributed by atoms with van der Waals surface area (Å²) in [4.78, 5) is 4.58. The van der Waals surface area contributed by atoms with Crippen molar-refractivity contribution in [2.24, 2.45) is 0 Å². The van der Waals surface area contributed by atoms with E-state index in [2.05, 4.69) is 27.4 Å². The summed E-state index contributed by atoms with van der Waals surface area (Å²) in [5.41, 5.74) is 3.58. The second-order valence-electron chi connectivity index (χ2n) is 8.02. The molecule has 0 atom stereocenters. The standard InChI is InChI=1S/C23H24N4O4/c1-15-12-16(2)27(25-15)14-17-4-3-5-18(13-17)21-24-22(31-26-21)19-6-9-30-20(19)23(28)7-10-29-11-8-23/h3-6,9,12-13,28H,7-8,10-11,14H2,1-2H3. The molecule has 0 radical (unpaired) electrons. The topological polar surface area (TPSA) is 99.3 Å². The fourth-order valence-corrected chi connectivity index (χ4v) is 4.04. The zero-order valence-electron chi connectivity index (χ0n) is 17.5. The van der Waals surface area contributed by atoms with Crippen molar-refractivity contribution in [2.75, 3.05) is 13.2 Å². The van der Waals surface area contributed by atoms with E-state index in [0.717, 1.165) is 22.5 Å². The van der Waals surface area contributed by atoms with Crippen LogP contribution in [0.3, 0.4) is 0 Å². The molecule has 0 aliphatic carbocycles. The molecule has 0 saturated carbocycles. The van der Waals surface area contributed by atoms with Gasteiger partial charge in [0.1, 0.15) is 11.4 Å². The predicted molar refractivity (Wildman–Crippen MR) is 112 cm³/mol. The van der Waals surface area contributed by atoms with Crippen molar-refractivity contribution in [1.29, 1.82) is 0 Å². The smallest absolute Gasteiger partial charge is 0.261 e. The highest BCUT2D eigenvalue weighted by Gasteiger charge is 2.38. The van der Waals surface area contributed by atoms with Crippen LogP contribution in [0.1, 0.15) is 35.6 Å². The maximum Gasteiger partial charge on any atom is 0.261 e. The van der Waals surface area contributed by atoms with Crippen molar-refractivity contribution in [2.45, 2.75) is 38.8 Å². The normalized spacial score (nSPS) is 16.0. The molecular weight excluding hydrogens is 396 g/mol. The lowest BCUT2D eigenvalue weighted by Crippen LogP contribution is -2.33. The van der Waals surface area contributed by atoms with E-state index in [-0.39, 0.29) is 0 Å². The number of aryl methyl sites for hydroxylation is 2. The van der Waals surface area contributed by atoms with E-state index in [9.17, 15) is 5.11 Å². The quantitative estimate of drug-likeness (QED) is 0.523. The lowest BCUT2D eigenvalue weighted by atomic mass is 9.89. The van der Waals surface area contributed by atoms with E-state index in [1.807, 2.05) is 36.7 Å². The molecule has 5 rings (SSSR count). The van der Waals surface area contributed by atoms with E-state index < -0.39 is 5.60 Å². The largest absolute Gasteiger partial charge is 0.465 e. The Labute approximate surface area is 179 Å². The van der Waals surface area contributed by atoms with Gasteiger partial charge in [-0.15, -0.1) is 0 Å². The lowest BCUT2D eigenvalue weighted by Gasteiger charge is -2.30. The Kier molecular flexibility index (Phi) is 4.95. The molecular formula is C23H24N4O4. The molecule has 0 amide bonds. The number of aliphatic hydroxyl groups is 1. The number of hydrogen-bond acceptors (Lipinski definition) is 7. The SMILES string of the molecule is Cc1cc(C)n(Cc2cccc(-c3noc(-c4ccoc4C4(O)CCOCC4)n3)c2)n1. The van der Waals surface area contributed by atoms with Crippen molar-refractivity contribution >= 4 is 0 Å². The summed E-state index contributed by atoms with van der Waals surface area (Å²) >= 11 is 0. The molecule has 3 aromatic heterocycles. The third-order valence-corrected chi connectivity index (χ3v) is 5.69. The predicted octanol–water partition coefficient (Wildman–Crippen LogP) is 3.86. The summed E-state index contributed by atoms with van der Waals surface area (Å²) in [6.07, 6.45) is 2.46. The molecule has 1 aliphatic heterocycles. The van der Waals surface area contributed by atoms with E-state index >= 15 is 0 Å². The zero-order chi connectivity index (χ0) is 21.4. The minimum absolute atomic E-state index is 0.322. The number of ether oxygens (including phenoxy) is 1. The summed E-state index contributed by atoms with van der Waals surface area (Å²) < 4.78 is 18.5. The summed E-state index contributed by atoms with van der Waals surface area (Å²) in [6.45, 7) is 5.66. The van der Waals surface area contributed by atoms with Crippen LogP contribution in [0.4, 0.5) is 0 Å². The van der Waals surface area contributed by atoms with Gasteiger partial charge in [-0.05, 0) is 37.6 Å². The Morgan fingerprint density at radius 1 is 1.13 bits per heavy atom. The molecule has 8 nitrogen and oxygen atoms in total. The molecule has 4 heterocycles. The monoisotopic (exact) mass is 420 g/mol. The number of nitrogens with zero attached hydrogens (tertiary/aromatic N) is 4. The molecule has 0 unspecified atom stereocenters. The highest BCUT2D eigenvalue weighted by atomic mass is 16.5. The van der Waals surface area contributed by atoms with E-state index in [0.29, 0.717) is 55.6 Å². The summed E-state index contributed by atoms with van der Waals surface area (Å²) in [6, 6.07) is 11.8. The van der Waals surface area contributed by atoms with Crippen LogP contribution in [0.2, 0.25) is 0 Å². The van der Waals surface area contributed by atoms with Crippen LogP contribution in [0.5, 0.6) is 0 Å². The number of hydrogen-bond donors (Lipinski definition) is 1. The molecule has 8 heteroatoms. The van der Waals surface area contributed by atoms with Crippen LogP contribution in [0, 0.1) is 13.8 Å². The Balaban J connectivity index is 1.42. The van der Waals surface area contributed by atoms with Gasteiger partial charge in [0.15, 0.2) is 0 Å². The Bertz CT molecular complexity index is 1200. The summed E-state index contributed by atoms with van der Waals surface area (Å²) in [5.74, 6) is 1.25. The number of benzene rings is 1. The molecule has 1 aliphatic rings. The highest BCUT2D eigenvalue weighted by Crippen LogP contribution is 2.38. The molecule has 160 valence electrons. The van der Waals surface area contributed by atoms with Crippen LogP contribution >= 0.6 is 0 Å². The highest BCUT2D eigenvalue weighted by molar-refractivity contribution is 5.62. The second-order valence-corrected chi connectivity index (χ2v) is 8.02. The van der Waals surface area contributed by atoms with Gasteiger partial charge in [0.05, 0.1) is 24.1 Å². The van der Waals surface area contributed by atoms with Gasteiger partial charge in [-0.2, -0.15) is 10.1 Å². The average Bonchev–Trinajstić information content (AvgIpc) is 3.49. The zero-order valence-corrected chi connectivity index (χ0v) is 17.5. The van der Waals surface area contributed by atoms with Crippen molar-refractivity contribution < 1.29 is 18.8 Å². The van der Waals surface area contributed by atoms with Crippen molar-refractivity contribution in [3.05, 3.63) is 65.4 Å². The van der Waals surface area contributed by atoms with E-state index in [4.69, 9.17) is 13.7 Å². The third-order valence-electron chi connectivity index (χ3n) is 5.69. The van der Waals surface area contributed by atoms with Gasteiger partial charge in [0.25, 0.3) is 5.89 Å². The van der Waals surface area contributed by atoms with Gasteiger partial charge in [0, 0.05) is 37.3 Å². The maximum atomic E-state index is 11.0. The van der Waals surface area contributed by atoms with Crippen molar-refractivity contribution in [3.63, 3.8) is 0 Å². The Hall–Kier alpha value is -3.23. The van der Waals surface area contributed by atoms with Crippen LogP contribution in [0.25, 0.3) is 22.8 Å². The fourth-order valence-electron chi connectivity index (χ4n) is 4.04. The molecule has 1 fully saturated rings. The first-order chi connectivity index (χ1) is 15.0. The molecule has 1 aromatic carbocycles. The Morgan fingerprint density at radius 3 is 2.74 bits per heavy atom. The molecule has 1 saturated heterocycles. The lowest BCUT2D eigenvalue weighted by molar-refractivity contribution is -0.0797. The summed E-state index contributed by atoms with van der Waals surface area (Å²) in [7, 11) is 0. The van der Waals surface area contributed by atoms with E-state index in [1.165, 1.54) is 6.26 Å². The minimum Gasteiger partial charge on any atom is -0.465 e. The van der Waals surface area contributed by atoms with Gasteiger partial charge in [0.2, 0.25) is 5.82 Å². The van der Waals surface area contributed by atoms with Gasteiger partial charge >= 0.3 is 0 Å². The molecule has 1 N–H and O–H groups in total. The number of furan rings is 1. The third kappa shape index (κ3) is 3.80. The molecule has 0 spiro atoms. The average molecular weight is 420 g/mol. The maximum absolute atomic E-state index is 11.0. The number of aromatic nitrogens is 4.